The first kappa shape index (κ1) is 11.4. The molecule has 0 saturated carbocycles. The average Bonchev–Trinajstić information content (AvgIpc) is 2.28. The van der Waals surface area contributed by atoms with Crippen LogP contribution in [0.15, 0.2) is 27.8 Å². The Morgan fingerprint density at radius 1 is 1.12 bits per heavy atom. The monoisotopic (exact) mass is 233 g/mol. The van der Waals surface area contributed by atoms with Gasteiger partial charge in [-0.15, -0.1) is 0 Å². The number of H-pyrrole nitrogens is 2. The van der Waals surface area contributed by atoms with Crippen molar-refractivity contribution in [3.05, 3.63) is 38.9 Å². The summed E-state index contributed by atoms with van der Waals surface area (Å²) in [6.45, 7) is 5.10. The van der Waals surface area contributed by atoms with Crippen molar-refractivity contribution < 1.29 is 0 Å². The van der Waals surface area contributed by atoms with E-state index in [1.54, 1.807) is 6.07 Å². The molecular formula is C12H15N3O2. The predicted octanol–water partition coefficient (Wildman–Crippen LogP) is 1.28. The van der Waals surface area contributed by atoms with Crippen molar-refractivity contribution in [1.82, 2.24) is 9.97 Å². The van der Waals surface area contributed by atoms with Crippen LogP contribution in [0.2, 0.25) is 0 Å². The zero-order valence-electron chi connectivity index (χ0n) is 9.83. The van der Waals surface area contributed by atoms with Crippen LogP contribution in [0.4, 0.5) is 5.69 Å². The highest BCUT2D eigenvalue weighted by atomic mass is 16.2. The molecule has 0 amide bonds. The van der Waals surface area contributed by atoms with E-state index in [1.165, 1.54) is 0 Å². The van der Waals surface area contributed by atoms with E-state index >= 15 is 0 Å². The van der Waals surface area contributed by atoms with Gasteiger partial charge in [0.15, 0.2) is 0 Å². The summed E-state index contributed by atoms with van der Waals surface area (Å²) in [7, 11) is 0. The van der Waals surface area contributed by atoms with E-state index in [1.807, 2.05) is 12.1 Å². The SMILES string of the molecule is CC(C)CNc1ccc2[nH]c(=O)c(=O)[nH]c2c1. The van der Waals surface area contributed by atoms with Crippen LogP contribution in [-0.2, 0) is 0 Å². The van der Waals surface area contributed by atoms with E-state index in [-0.39, 0.29) is 0 Å². The third kappa shape index (κ3) is 2.55. The molecule has 5 nitrogen and oxygen atoms in total. The molecule has 0 unspecified atom stereocenters. The van der Waals surface area contributed by atoms with Gasteiger partial charge in [0.1, 0.15) is 0 Å². The van der Waals surface area contributed by atoms with Gasteiger partial charge in [-0.3, -0.25) is 9.59 Å². The maximum Gasteiger partial charge on any atom is 0.314 e. The number of hydrogen-bond donors (Lipinski definition) is 3. The van der Waals surface area contributed by atoms with Gasteiger partial charge in [0.2, 0.25) is 0 Å². The predicted molar refractivity (Wildman–Crippen MR) is 68.5 cm³/mol. The Balaban J connectivity index is 2.40. The molecule has 0 saturated heterocycles. The van der Waals surface area contributed by atoms with Gasteiger partial charge in [-0.05, 0) is 24.1 Å². The second kappa shape index (κ2) is 4.45. The van der Waals surface area contributed by atoms with Crippen molar-refractivity contribution >= 4 is 16.7 Å². The first-order valence-electron chi connectivity index (χ1n) is 5.56. The summed E-state index contributed by atoms with van der Waals surface area (Å²) < 4.78 is 0. The number of nitrogens with one attached hydrogen (secondary N) is 3. The first-order chi connectivity index (χ1) is 8.06. The lowest BCUT2D eigenvalue weighted by Crippen LogP contribution is -2.28. The Morgan fingerprint density at radius 2 is 1.76 bits per heavy atom. The molecule has 2 rings (SSSR count). The lowest BCUT2D eigenvalue weighted by Gasteiger charge is -2.09. The molecule has 3 N–H and O–H groups in total. The lowest BCUT2D eigenvalue weighted by molar-refractivity contribution is 0.689. The summed E-state index contributed by atoms with van der Waals surface area (Å²) in [5.74, 6) is 0.542. The molecule has 0 fully saturated rings. The van der Waals surface area contributed by atoms with Gasteiger partial charge in [-0.1, -0.05) is 13.8 Å². The maximum atomic E-state index is 11.2. The third-order valence-corrected chi connectivity index (χ3v) is 2.44. The van der Waals surface area contributed by atoms with Crippen LogP contribution in [0, 0.1) is 5.92 Å². The van der Waals surface area contributed by atoms with Crippen LogP contribution in [0.3, 0.4) is 0 Å². The summed E-state index contributed by atoms with van der Waals surface area (Å²) in [6.07, 6.45) is 0. The van der Waals surface area contributed by atoms with Crippen molar-refractivity contribution in [2.75, 3.05) is 11.9 Å². The molecule has 0 aliphatic rings. The van der Waals surface area contributed by atoms with Gasteiger partial charge < -0.3 is 15.3 Å². The zero-order chi connectivity index (χ0) is 12.4. The van der Waals surface area contributed by atoms with Gasteiger partial charge in [-0.2, -0.15) is 0 Å². The molecule has 0 atom stereocenters. The lowest BCUT2D eigenvalue weighted by atomic mass is 10.2. The Morgan fingerprint density at radius 3 is 2.41 bits per heavy atom. The normalized spacial score (nSPS) is 11.0. The molecule has 0 spiro atoms. The van der Waals surface area contributed by atoms with Crippen molar-refractivity contribution in [2.45, 2.75) is 13.8 Å². The summed E-state index contributed by atoms with van der Waals surface area (Å²) in [5, 5.41) is 3.26. The molecule has 2 aromatic rings. The summed E-state index contributed by atoms with van der Waals surface area (Å²) in [4.78, 5) is 27.4. The second-order valence-corrected chi connectivity index (χ2v) is 4.44. The number of aromatic nitrogens is 2. The molecule has 90 valence electrons. The average molecular weight is 233 g/mol. The molecule has 0 aliphatic heterocycles. The number of fused-ring (bicyclic) bond motifs is 1. The number of hydrogen-bond acceptors (Lipinski definition) is 3. The van der Waals surface area contributed by atoms with Crippen molar-refractivity contribution in [3.63, 3.8) is 0 Å². The smallest absolute Gasteiger partial charge is 0.314 e. The van der Waals surface area contributed by atoms with E-state index in [0.717, 1.165) is 12.2 Å². The highest BCUT2D eigenvalue weighted by Crippen LogP contribution is 2.13. The molecule has 17 heavy (non-hydrogen) atoms. The fourth-order valence-electron chi connectivity index (χ4n) is 1.55. The number of rotatable bonds is 3. The quantitative estimate of drug-likeness (QED) is 0.699. The van der Waals surface area contributed by atoms with Crippen molar-refractivity contribution in [3.8, 4) is 0 Å². The minimum Gasteiger partial charge on any atom is -0.385 e. The molecule has 0 aliphatic carbocycles. The van der Waals surface area contributed by atoms with E-state index in [0.29, 0.717) is 17.0 Å². The van der Waals surface area contributed by atoms with Crippen LogP contribution in [-0.4, -0.2) is 16.5 Å². The maximum absolute atomic E-state index is 11.2. The Hall–Kier alpha value is -2.04. The van der Waals surface area contributed by atoms with Gasteiger partial charge >= 0.3 is 11.1 Å². The fourth-order valence-corrected chi connectivity index (χ4v) is 1.55. The highest BCUT2D eigenvalue weighted by molar-refractivity contribution is 5.78. The molecule has 1 heterocycles. The van der Waals surface area contributed by atoms with Crippen LogP contribution in [0.5, 0.6) is 0 Å². The topological polar surface area (TPSA) is 77.8 Å². The van der Waals surface area contributed by atoms with Gasteiger partial charge in [0, 0.05) is 12.2 Å². The van der Waals surface area contributed by atoms with Crippen LogP contribution >= 0.6 is 0 Å². The summed E-state index contributed by atoms with van der Waals surface area (Å²) in [5.41, 5.74) is 0.931. The van der Waals surface area contributed by atoms with Crippen LogP contribution < -0.4 is 16.4 Å². The van der Waals surface area contributed by atoms with Gasteiger partial charge in [0.25, 0.3) is 0 Å². The fraction of sp³-hybridized carbons (Fsp3) is 0.333. The molecule has 1 aromatic carbocycles. The first-order valence-corrected chi connectivity index (χ1v) is 5.56. The Labute approximate surface area is 97.9 Å². The van der Waals surface area contributed by atoms with Crippen LogP contribution in [0.1, 0.15) is 13.8 Å². The zero-order valence-corrected chi connectivity index (χ0v) is 9.83. The minimum absolute atomic E-state index is 0.542. The van der Waals surface area contributed by atoms with E-state index < -0.39 is 11.1 Å². The standard InChI is InChI=1S/C12H15N3O2/c1-7(2)6-13-8-3-4-9-10(5-8)15-12(17)11(16)14-9/h3-5,7,13H,6H2,1-2H3,(H,14,16)(H,15,17). The highest BCUT2D eigenvalue weighted by Gasteiger charge is 2.01. The van der Waals surface area contributed by atoms with Crippen LogP contribution in [0.25, 0.3) is 11.0 Å². The summed E-state index contributed by atoms with van der Waals surface area (Å²) in [6, 6.07) is 5.46. The van der Waals surface area contributed by atoms with Gasteiger partial charge in [-0.25, -0.2) is 0 Å². The Bertz CT molecular complexity index is 640. The number of aromatic amines is 2. The van der Waals surface area contributed by atoms with E-state index in [9.17, 15) is 9.59 Å². The molecule has 5 heteroatoms. The number of anilines is 1. The van der Waals surface area contributed by atoms with Crippen molar-refractivity contribution in [1.29, 1.82) is 0 Å². The van der Waals surface area contributed by atoms with Gasteiger partial charge in [0.05, 0.1) is 11.0 Å². The minimum atomic E-state index is -0.626. The summed E-state index contributed by atoms with van der Waals surface area (Å²) >= 11 is 0. The van der Waals surface area contributed by atoms with E-state index in [4.69, 9.17) is 0 Å². The second-order valence-electron chi connectivity index (χ2n) is 4.44. The van der Waals surface area contributed by atoms with Crippen molar-refractivity contribution in [2.24, 2.45) is 5.92 Å². The molecule has 1 aromatic heterocycles. The van der Waals surface area contributed by atoms with E-state index in [2.05, 4.69) is 29.1 Å². The molecule has 0 bridgehead atoms. The molecular weight excluding hydrogens is 218 g/mol. The third-order valence-electron chi connectivity index (χ3n) is 2.44. The largest absolute Gasteiger partial charge is 0.385 e. The number of benzene rings is 1. The molecule has 0 radical (unpaired) electrons. The Kier molecular flexibility index (Phi) is 2.99.